The van der Waals surface area contributed by atoms with Crippen molar-refractivity contribution in [1.82, 2.24) is 9.80 Å². The molecule has 4 aliphatic heterocycles. The van der Waals surface area contributed by atoms with Crippen molar-refractivity contribution in [2.45, 2.75) is 29.8 Å². The first-order chi connectivity index (χ1) is 12.7. The minimum Gasteiger partial charge on any atom is -0.369 e. The molecule has 2 saturated heterocycles. The van der Waals surface area contributed by atoms with Crippen LogP contribution in [-0.2, 0) is 10.8 Å². The highest BCUT2D eigenvalue weighted by atomic mass is 15.3. The van der Waals surface area contributed by atoms with E-state index in [-0.39, 0.29) is 10.8 Å². The number of nitrogens with zero attached hydrogens (tertiary/aromatic N) is 3. The van der Waals surface area contributed by atoms with Gasteiger partial charge in [0.15, 0.2) is 0 Å². The first-order valence-corrected chi connectivity index (χ1v) is 9.65. The second-order valence-corrected chi connectivity index (χ2v) is 8.32. The molecule has 0 saturated carbocycles. The van der Waals surface area contributed by atoms with E-state index in [9.17, 15) is 0 Å². The molecule has 4 heteroatoms. The standard InChI is InChI=1S/C22H24N4/c1-25-13-11-21-15-7-3-6-10-18(15)24-20-22(21,12-14-26(20)2)16-8-4-5-9-17(16)23-19(21)25/h3-10,19,23H,11-14H2,1-2H3. The summed E-state index contributed by atoms with van der Waals surface area (Å²) in [6.45, 7) is 2.18. The Labute approximate surface area is 154 Å². The van der Waals surface area contributed by atoms with E-state index in [0.717, 1.165) is 25.2 Å². The lowest BCUT2D eigenvalue weighted by Gasteiger charge is -2.57. The van der Waals surface area contributed by atoms with Gasteiger partial charge in [-0.2, -0.15) is 0 Å². The van der Waals surface area contributed by atoms with Gasteiger partial charge in [0, 0.05) is 31.2 Å². The number of aliphatic imine (C=N–C) groups is 1. The second-order valence-electron chi connectivity index (χ2n) is 8.32. The van der Waals surface area contributed by atoms with Gasteiger partial charge in [-0.3, -0.25) is 4.90 Å². The predicted octanol–water partition coefficient (Wildman–Crippen LogP) is 3.33. The Morgan fingerprint density at radius 2 is 1.73 bits per heavy atom. The highest BCUT2D eigenvalue weighted by Gasteiger charge is 2.69. The molecule has 6 rings (SSSR count). The lowest BCUT2D eigenvalue weighted by Crippen LogP contribution is -2.65. The Hall–Kier alpha value is -2.33. The number of para-hydroxylation sites is 2. The van der Waals surface area contributed by atoms with Crippen LogP contribution < -0.4 is 5.32 Å². The molecule has 0 bridgehead atoms. The number of benzene rings is 2. The van der Waals surface area contributed by atoms with Gasteiger partial charge in [-0.25, -0.2) is 4.99 Å². The molecular weight excluding hydrogens is 320 g/mol. The number of amidine groups is 1. The average Bonchev–Trinajstić information content (AvgIpc) is 3.18. The van der Waals surface area contributed by atoms with Crippen LogP contribution in [0.2, 0.25) is 0 Å². The predicted molar refractivity (Wildman–Crippen MR) is 105 cm³/mol. The average molecular weight is 344 g/mol. The SMILES string of the molecule is CN1CCC23C1=Nc1ccccc1C21CCN(C)C1Nc1ccccc13. The second kappa shape index (κ2) is 4.68. The fraction of sp³-hybridized carbons (Fsp3) is 0.409. The first-order valence-electron chi connectivity index (χ1n) is 9.65. The summed E-state index contributed by atoms with van der Waals surface area (Å²) in [5.41, 5.74) is 5.30. The first kappa shape index (κ1) is 14.8. The molecule has 0 aliphatic carbocycles. The van der Waals surface area contributed by atoms with E-state index in [2.05, 4.69) is 77.7 Å². The molecule has 3 atom stereocenters. The zero-order chi connectivity index (χ0) is 17.5. The molecule has 2 aromatic rings. The van der Waals surface area contributed by atoms with Crippen LogP contribution in [-0.4, -0.2) is 49.0 Å². The molecule has 132 valence electrons. The Bertz CT molecular complexity index is 951. The summed E-state index contributed by atoms with van der Waals surface area (Å²) in [7, 11) is 4.48. The van der Waals surface area contributed by atoms with Gasteiger partial charge in [0.05, 0.1) is 17.3 Å². The van der Waals surface area contributed by atoms with E-state index in [0.29, 0.717) is 6.17 Å². The number of likely N-dealkylation sites (tertiary alicyclic amines) is 2. The van der Waals surface area contributed by atoms with Gasteiger partial charge >= 0.3 is 0 Å². The van der Waals surface area contributed by atoms with Crippen LogP contribution in [0, 0.1) is 0 Å². The van der Waals surface area contributed by atoms with Crippen molar-refractivity contribution in [1.29, 1.82) is 0 Å². The summed E-state index contributed by atoms with van der Waals surface area (Å²) in [6, 6.07) is 17.8. The van der Waals surface area contributed by atoms with Crippen molar-refractivity contribution in [2.75, 3.05) is 32.5 Å². The third-order valence-corrected chi connectivity index (χ3v) is 7.38. The summed E-state index contributed by atoms with van der Waals surface area (Å²) >= 11 is 0. The van der Waals surface area contributed by atoms with Crippen molar-refractivity contribution in [3.05, 3.63) is 59.7 Å². The number of likely N-dealkylation sites (N-methyl/N-ethyl adjacent to an activating group) is 2. The normalized spacial score (nSPS) is 34.2. The van der Waals surface area contributed by atoms with Crippen LogP contribution in [0.15, 0.2) is 53.5 Å². The highest BCUT2D eigenvalue weighted by Crippen LogP contribution is 2.64. The summed E-state index contributed by atoms with van der Waals surface area (Å²) in [5, 5.41) is 3.91. The smallest absolute Gasteiger partial charge is 0.116 e. The number of hydrogen-bond donors (Lipinski definition) is 1. The molecule has 4 heterocycles. The van der Waals surface area contributed by atoms with Crippen LogP contribution in [0.5, 0.6) is 0 Å². The van der Waals surface area contributed by atoms with E-state index in [1.807, 2.05) is 0 Å². The van der Waals surface area contributed by atoms with Crippen LogP contribution in [0.25, 0.3) is 0 Å². The maximum absolute atomic E-state index is 5.24. The molecule has 3 unspecified atom stereocenters. The Morgan fingerprint density at radius 3 is 2.62 bits per heavy atom. The molecule has 26 heavy (non-hydrogen) atoms. The van der Waals surface area contributed by atoms with Gasteiger partial charge < -0.3 is 10.2 Å². The van der Waals surface area contributed by atoms with Crippen LogP contribution in [0.1, 0.15) is 24.0 Å². The zero-order valence-corrected chi connectivity index (χ0v) is 15.4. The minimum absolute atomic E-state index is 0.0344. The summed E-state index contributed by atoms with van der Waals surface area (Å²) in [6.07, 6.45) is 2.61. The molecule has 4 nitrogen and oxygen atoms in total. The molecule has 0 amide bonds. The van der Waals surface area contributed by atoms with Crippen LogP contribution in [0.4, 0.5) is 11.4 Å². The highest BCUT2D eigenvalue weighted by molar-refractivity contribution is 6.03. The molecule has 1 N–H and O–H groups in total. The van der Waals surface area contributed by atoms with Crippen LogP contribution in [0.3, 0.4) is 0 Å². The lowest BCUT2D eigenvalue weighted by molar-refractivity contribution is 0.195. The topological polar surface area (TPSA) is 30.9 Å². The quantitative estimate of drug-likeness (QED) is 0.795. The molecule has 0 aromatic heterocycles. The maximum atomic E-state index is 5.24. The maximum Gasteiger partial charge on any atom is 0.116 e. The zero-order valence-electron chi connectivity index (χ0n) is 15.4. The van der Waals surface area contributed by atoms with Gasteiger partial charge in [-0.05, 0) is 43.1 Å². The van der Waals surface area contributed by atoms with E-state index < -0.39 is 0 Å². The molecular formula is C22H24N4. The van der Waals surface area contributed by atoms with Gasteiger partial charge in [0.25, 0.3) is 0 Å². The Kier molecular flexibility index (Phi) is 2.67. The fourth-order valence-corrected chi connectivity index (χ4v) is 6.36. The molecule has 0 radical (unpaired) electrons. The number of nitrogens with one attached hydrogen (secondary N) is 1. The Morgan fingerprint density at radius 1 is 0.962 bits per heavy atom. The Balaban J connectivity index is 1.77. The molecule has 2 fully saturated rings. The van der Waals surface area contributed by atoms with Crippen molar-refractivity contribution in [3.63, 3.8) is 0 Å². The van der Waals surface area contributed by atoms with Crippen molar-refractivity contribution < 1.29 is 0 Å². The number of hydrogen-bond acceptors (Lipinski definition) is 4. The summed E-state index contributed by atoms with van der Waals surface area (Å²) < 4.78 is 0. The molecule has 2 aromatic carbocycles. The summed E-state index contributed by atoms with van der Waals surface area (Å²) in [5.74, 6) is 1.27. The number of rotatable bonds is 0. The lowest BCUT2D eigenvalue weighted by atomic mass is 9.51. The van der Waals surface area contributed by atoms with E-state index >= 15 is 0 Å². The molecule has 2 spiro atoms. The largest absolute Gasteiger partial charge is 0.369 e. The van der Waals surface area contributed by atoms with Gasteiger partial charge in [0.2, 0.25) is 0 Å². The van der Waals surface area contributed by atoms with E-state index in [1.54, 1.807) is 0 Å². The van der Waals surface area contributed by atoms with E-state index in [1.165, 1.54) is 29.1 Å². The van der Waals surface area contributed by atoms with Gasteiger partial charge in [-0.1, -0.05) is 36.4 Å². The molecule has 4 aliphatic rings. The monoisotopic (exact) mass is 344 g/mol. The van der Waals surface area contributed by atoms with Crippen molar-refractivity contribution >= 4 is 17.2 Å². The third kappa shape index (κ3) is 1.42. The summed E-state index contributed by atoms with van der Waals surface area (Å²) in [4.78, 5) is 10.1. The van der Waals surface area contributed by atoms with E-state index in [4.69, 9.17) is 4.99 Å². The van der Waals surface area contributed by atoms with Gasteiger partial charge in [-0.15, -0.1) is 0 Å². The van der Waals surface area contributed by atoms with Crippen molar-refractivity contribution in [2.24, 2.45) is 4.99 Å². The van der Waals surface area contributed by atoms with Crippen molar-refractivity contribution in [3.8, 4) is 0 Å². The van der Waals surface area contributed by atoms with Gasteiger partial charge in [0.1, 0.15) is 5.84 Å². The fourth-order valence-electron chi connectivity index (χ4n) is 6.36. The third-order valence-electron chi connectivity index (χ3n) is 7.38. The van der Waals surface area contributed by atoms with Crippen LogP contribution >= 0.6 is 0 Å². The number of fused-ring (bicyclic) bond motifs is 2. The number of anilines is 1. The minimum atomic E-state index is -0.0344.